The topological polar surface area (TPSA) is 63.2 Å². The molecule has 4 nitrogen and oxygen atoms in total. The molecular formula is C19H17NO3S. The third-order valence-electron chi connectivity index (χ3n) is 3.98. The second kappa shape index (κ2) is 7.01. The van der Waals surface area contributed by atoms with Gasteiger partial charge in [0, 0.05) is 23.1 Å². The third kappa shape index (κ3) is 2.99. The van der Waals surface area contributed by atoms with Gasteiger partial charge in [-0.05, 0) is 24.5 Å². The van der Waals surface area contributed by atoms with E-state index in [1.165, 1.54) is 0 Å². The standard InChI is InChI=1S/C19H17NO3S/c1-24-11-5-10-16(21)20-15-9-4-8-14-17(15)19(23)13-7-3-2-6-12(13)18(14)22/h2-4,6-9H,5,10-11H2,1H3,(H,20,21). The van der Waals surface area contributed by atoms with E-state index in [1.54, 1.807) is 54.2 Å². The van der Waals surface area contributed by atoms with Crippen molar-refractivity contribution in [3.05, 3.63) is 64.7 Å². The summed E-state index contributed by atoms with van der Waals surface area (Å²) >= 11 is 1.69. The Bertz CT molecular complexity index is 829. The number of amides is 1. The Morgan fingerprint density at radius 3 is 2.33 bits per heavy atom. The number of anilines is 1. The number of carbonyl (C=O) groups is 3. The van der Waals surface area contributed by atoms with Gasteiger partial charge >= 0.3 is 0 Å². The molecule has 0 heterocycles. The van der Waals surface area contributed by atoms with Gasteiger partial charge in [-0.2, -0.15) is 11.8 Å². The highest BCUT2D eigenvalue weighted by Gasteiger charge is 2.31. The Balaban J connectivity index is 1.94. The molecule has 0 atom stereocenters. The molecule has 1 aliphatic carbocycles. The fourth-order valence-electron chi connectivity index (χ4n) is 2.84. The Morgan fingerprint density at radius 1 is 0.958 bits per heavy atom. The molecule has 0 fully saturated rings. The van der Waals surface area contributed by atoms with E-state index in [4.69, 9.17) is 0 Å². The van der Waals surface area contributed by atoms with Crippen LogP contribution in [0, 0.1) is 0 Å². The lowest BCUT2D eigenvalue weighted by molar-refractivity contribution is -0.116. The molecule has 0 radical (unpaired) electrons. The molecule has 0 aromatic heterocycles. The molecule has 1 N–H and O–H groups in total. The van der Waals surface area contributed by atoms with Crippen LogP contribution in [0.2, 0.25) is 0 Å². The van der Waals surface area contributed by atoms with E-state index in [0.717, 1.165) is 12.2 Å². The number of hydrogen-bond acceptors (Lipinski definition) is 4. The molecule has 5 heteroatoms. The maximum Gasteiger partial charge on any atom is 0.224 e. The average molecular weight is 339 g/mol. The lowest BCUT2D eigenvalue weighted by Crippen LogP contribution is -2.23. The van der Waals surface area contributed by atoms with Crippen LogP contribution >= 0.6 is 11.8 Å². The van der Waals surface area contributed by atoms with E-state index in [0.29, 0.717) is 34.4 Å². The molecule has 122 valence electrons. The van der Waals surface area contributed by atoms with Crippen LogP contribution in [0.3, 0.4) is 0 Å². The second-order valence-electron chi connectivity index (χ2n) is 5.58. The largest absolute Gasteiger partial charge is 0.325 e. The van der Waals surface area contributed by atoms with E-state index in [-0.39, 0.29) is 17.5 Å². The van der Waals surface area contributed by atoms with Crippen molar-refractivity contribution in [1.82, 2.24) is 0 Å². The highest BCUT2D eigenvalue weighted by molar-refractivity contribution is 7.98. The van der Waals surface area contributed by atoms with E-state index in [1.807, 2.05) is 6.26 Å². The van der Waals surface area contributed by atoms with Crippen LogP contribution < -0.4 is 5.32 Å². The van der Waals surface area contributed by atoms with Gasteiger partial charge in [0.2, 0.25) is 5.91 Å². The zero-order chi connectivity index (χ0) is 17.1. The zero-order valence-electron chi connectivity index (χ0n) is 13.3. The summed E-state index contributed by atoms with van der Waals surface area (Å²) in [6.45, 7) is 0. The quantitative estimate of drug-likeness (QED) is 0.722. The molecule has 1 aliphatic rings. The molecule has 0 spiro atoms. The summed E-state index contributed by atoms with van der Waals surface area (Å²) in [6, 6.07) is 11.8. The number of benzene rings is 2. The Morgan fingerprint density at radius 2 is 1.62 bits per heavy atom. The average Bonchev–Trinajstić information content (AvgIpc) is 2.60. The lowest BCUT2D eigenvalue weighted by Gasteiger charge is -2.20. The molecular weight excluding hydrogens is 322 g/mol. The molecule has 1 amide bonds. The van der Waals surface area contributed by atoms with Gasteiger partial charge in [0.05, 0.1) is 11.3 Å². The van der Waals surface area contributed by atoms with Crippen molar-refractivity contribution >= 4 is 34.9 Å². The van der Waals surface area contributed by atoms with Crippen LogP contribution in [0.4, 0.5) is 5.69 Å². The maximum absolute atomic E-state index is 12.8. The van der Waals surface area contributed by atoms with E-state index in [9.17, 15) is 14.4 Å². The van der Waals surface area contributed by atoms with E-state index in [2.05, 4.69) is 5.32 Å². The van der Waals surface area contributed by atoms with Crippen molar-refractivity contribution in [2.45, 2.75) is 12.8 Å². The van der Waals surface area contributed by atoms with Gasteiger partial charge in [0.15, 0.2) is 11.6 Å². The van der Waals surface area contributed by atoms with Crippen molar-refractivity contribution in [2.75, 3.05) is 17.3 Å². The number of rotatable bonds is 5. The highest BCUT2D eigenvalue weighted by atomic mass is 32.2. The molecule has 0 saturated heterocycles. The van der Waals surface area contributed by atoms with Gasteiger partial charge in [-0.15, -0.1) is 0 Å². The molecule has 0 unspecified atom stereocenters. The first-order chi connectivity index (χ1) is 11.6. The van der Waals surface area contributed by atoms with Crippen LogP contribution in [0.15, 0.2) is 42.5 Å². The number of nitrogens with one attached hydrogen (secondary N) is 1. The Labute approximate surface area is 144 Å². The van der Waals surface area contributed by atoms with Crippen molar-refractivity contribution in [3.8, 4) is 0 Å². The first kappa shape index (κ1) is 16.5. The SMILES string of the molecule is CSCCCC(=O)Nc1cccc2c1C(=O)c1ccccc1C2=O. The van der Waals surface area contributed by atoms with Crippen LogP contribution in [0.5, 0.6) is 0 Å². The number of carbonyl (C=O) groups excluding carboxylic acids is 3. The van der Waals surface area contributed by atoms with Gasteiger partial charge < -0.3 is 5.32 Å². The second-order valence-corrected chi connectivity index (χ2v) is 6.56. The van der Waals surface area contributed by atoms with Crippen molar-refractivity contribution < 1.29 is 14.4 Å². The zero-order valence-corrected chi connectivity index (χ0v) is 14.1. The van der Waals surface area contributed by atoms with Crippen molar-refractivity contribution in [1.29, 1.82) is 0 Å². The first-order valence-corrected chi connectivity index (χ1v) is 9.13. The van der Waals surface area contributed by atoms with Crippen molar-refractivity contribution in [2.24, 2.45) is 0 Å². The predicted octanol–water partition coefficient (Wildman–Crippen LogP) is 3.54. The van der Waals surface area contributed by atoms with Gasteiger partial charge in [0.25, 0.3) is 0 Å². The molecule has 0 saturated carbocycles. The van der Waals surface area contributed by atoms with E-state index >= 15 is 0 Å². The number of thioether (sulfide) groups is 1. The summed E-state index contributed by atoms with van der Waals surface area (Å²) in [4.78, 5) is 37.5. The highest BCUT2D eigenvalue weighted by Crippen LogP contribution is 2.31. The molecule has 24 heavy (non-hydrogen) atoms. The number of hydrogen-bond donors (Lipinski definition) is 1. The van der Waals surface area contributed by atoms with Crippen LogP contribution in [0.1, 0.15) is 44.7 Å². The summed E-state index contributed by atoms with van der Waals surface area (Å²) in [5.74, 6) is 0.362. The predicted molar refractivity (Wildman–Crippen MR) is 96.0 cm³/mol. The van der Waals surface area contributed by atoms with Gasteiger partial charge in [-0.3, -0.25) is 14.4 Å². The summed E-state index contributed by atoms with van der Waals surface area (Å²) in [7, 11) is 0. The van der Waals surface area contributed by atoms with E-state index < -0.39 is 0 Å². The number of ketones is 2. The number of fused-ring (bicyclic) bond motifs is 2. The Hall–Kier alpha value is -2.40. The molecule has 3 rings (SSSR count). The minimum absolute atomic E-state index is 0.142. The molecule has 2 aromatic carbocycles. The summed E-state index contributed by atoms with van der Waals surface area (Å²) in [6.07, 6.45) is 3.16. The monoisotopic (exact) mass is 339 g/mol. The molecule has 0 bridgehead atoms. The normalized spacial score (nSPS) is 12.5. The summed E-state index contributed by atoms with van der Waals surface area (Å²) in [5.41, 5.74) is 1.85. The van der Waals surface area contributed by atoms with Gasteiger partial charge in [-0.1, -0.05) is 36.4 Å². The molecule has 0 aliphatic heterocycles. The van der Waals surface area contributed by atoms with Crippen LogP contribution in [-0.2, 0) is 4.79 Å². The minimum Gasteiger partial charge on any atom is -0.325 e. The smallest absolute Gasteiger partial charge is 0.224 e. The van der Waals surface area contributed by atoms with Crippen LogP contribution in [0.25, 0.3) is 0 Å². The van der Waals surface area contributed by atoms with Gasteiger partial charge in [0.1, 0.15) is 0 Å². The maximum atomic E-state index is 12.8. The lowest BCUT2D eigenvalue weighted by atomic mass is 9.83. The first-order valence-electron chi connectivity index (χ1n) is 7.73. The Kier molecular flexibility index (Phi) is 4.81. The van der Waals surface area contributed by atoms with Crippen LogP contribution in [-0.4, -0.2) is 29.5 Å². The fraction of sp³-hybridized carbons (Fsp3) is 0.211. The summed E-state index contributed by atoms with van der Waals surface area (Å²) in [5, 5.41) is 2.79. The third-order valence-corrected chi connectivity index (χ3v) is 4.68. The van der Waals surface area contributed by atoms with Gasteiger partial charge in [-0.25, -0.2) is 0 Å². The molecule has 2 aromatic rings. The minimum atomic E-state index is -0.222. The fourth-order valence-corrected chi connectivity index (χ4v) is 3.27. The summed E-state index contributed by atoms with van der Waals surface area (Å²) < 4.78 is 0. The van der Waals surface area contributed by atoms with Crippen molar-refractivity contribution in [3.63, 3.8) is 0 Å².